The third kappa shape index (κ3) is 5.71. The molecule has 1 heterocycles. The van der Waals surface area contributed by atoms with Crippen LogP contribution >= 0.6 is 0 Å². The molecule has 0 aromatic carbocycles. The molecular formula is C14H25N3O4. The van der Waals surface area contributed by atoms with E-state index in [1.807, 2.05) is 13.8 Å². The number of nitrogens with one attached hydrogen (secondary N) is 2. The van der Waals surface area contributed by atoms with Gasteiger partial charge in [0, 0.05) is 13.1 Å². The van der Waals surface area contributed by atoms with Crippen LogP contribution in [-0.2, 0) is 9.59 Å². The van der Waals surface area contributed by atoms with Crippen molar-refractivity contribution >= 4 is 17.9 Å². The smallest absolute Gasteiger partial charge is 0.321 e. The zero-order valence-electron chi connectivity index (χ0n) is 12.9. The summed E-state index contributed by atoms with van der Waals surface area (Å²) in [4.78, 5) is 36.3. The van der Waals surface area contributed by atoms with Gasteiger partial charge in [-0.3, -0.25) is 19.8 Å². The maximum atomic E-state index is 11.8. The lowest BCUT2D eigenvalue weighted by Gasteiger charge is -2.36. The number of carboxylic acid groups (broad SMARTS) is 1. The first-order chi connectivity index (χ1) is 9.73. The SMILES string of the molecule is CC(C)CNC(=O)NC(=O)CN1CCCC(C)(C(=O)O)C1. The summed E-state index contributed by atoms with van der Waals surface area (Å²) in [5.41, 5.74) is -0.821. The van der Waals surface area contributed by atoms with Crippen LogP contribution in [0.15, 0.2) is 0 Å². The van der Waals surface area contributed by atoms with Gasteiger partial charge in [-0.1, -0.05) is 13.8 Å². The van der Waals surface area contributed by atoms with E-state index in [9.17, 15) is 19.5 Å². The van der Waals surface area contributed by atoms with Gasteiger partial charge in [-0.2, -0.15) is 0 Å². The Kier molecular flexibility index (Phi) is 6.14. The number of carbonyl (C=O) groups is 3. The molecule has 7 nitrogen and oxygen atoms in total. The molecule has 21 heavy (non-hydrogen) atoms. The van der Waals surface area contributed by atoms with Crippen molar-refractivity contribution in [1.29, 1.82) is 0 Å². The molecule has 0 spiro atoms. The second kappa shape index (κ2) is 7.40. The first-order valence-corrected chi connectivity index (χ1v) is 7.26. The molecule has 0 aromatic heterocycles. The van der Waals surface area contributed by atoms with Crippen molar-refractivity contribution in [3.05, 3.63) is 0 Å². The molecule has 1 rings (SSSR count). The molecule has 0 aromatic rings. The van der Waals surface area contributed by atoms with Crippen molar-refractivity contribution in [2.24, 2.45) is 11.3 Å². The number of carbonyl (C=O) groups excluding carboxylic acids is 2. The van der Waals surface area contributed by atoms with Crippen molar-refractivity contribution in [2.75, 3.05) is 26.2 Å². The molecule has 0 radical (unpaired) electrons. The van der Waals surface area contributed by atoms with Gasteiger partial charge in [0.25, 0.3) is 0 Å². The first-order valence-electron chi connectivity index (χ1n) is 7.26. The largest absolute Gasteiger partial charge is 0.481 e. The molecule has 120 valence electrons. The molecule has 3 amide bonds. The highest BCUT2D eigenvalue weighted by molar-refractivity contribution is 5.95. The monoisotopic (exact) mass is 299 g/mol. The Labute approximate surface area is 125 Å². The van der Waals surface area contributed by atoms with Crippen molar-refractivity contribution < 1.29 is 19.5 Å². The number of urea groups is 1. The maximum Gasteiger partial charge on any atom is 0.321 e. The number of likely N-dealkylation sites (tertiary alicyclic amines) is 1. The molecule has 1 aliphatic rings. The molecule has 1 atom stereocenters. The predicted octanol–water partition coefficient (Wildman–Crippen LogP) is 0.655. The minimum absolute atomic E-state index is 0.0397. The number of hydrogen-bond acceptors (Lipinski definition) is 4. The van der Waals surface area contributed by atoms with Gasteiger partial charge >= 0.3 is 12.0 Å². The Bertz CT molecular complexity index is 411. The van der Waals surface area contributed by atoms with Gasteiger partial charge in [0.15, 0.2) is 0 Å². The summed E-state index contributed by atoms with van der Waals surface area (Å²) >= 11 is 0. The number of amides is 3. The van der Waals surface area contributed by atoms with Crippen LogP contribution in [0, 0.1) is 11.3 Å². The van der Waals surface area contributed by atoms with E-state index >= 15 is 0 Å². The van der Waals surface area contributed by atoms with E-state index in [2.05, 4.69) is 10.6 Å². The van der Waals surface area contributed by atoms with Gasteiger partial charge in [0.05, 0.1) is 12.0 Å². The van der Waals surface area contributed by atoms with Gasteiger partial charge in [-0.25, -0.2) is 4.79 Å². The van der Waals surface area contributed by atoms with Crippen molar-refractivity contribution in [1.82, 2.24) is 15.5 Å². The van der Waals surface area contributed by atoms with E-state index in [1.165, 1.54) is 0 Å². The van der Waals surface area contributed by atoms with Crippen LogP contribution in [0.2, 0.25) is 0 Å². The Hall–Kier alpha value is -1.63. The quantitative estimate of drug-likeness (QED) is 0.692. The minimum Gasteiger partial charge on any atom is -0.481 e. The van der Waals surface area contributed by atoms with E-state index in [0.29, 0.717) is 32.0 Å². The second-order valence-corrected chi connectivity index (χ2v) is 6.33. The summed E-state index contributed by atoms with van der Waals surface area (Å²) in [6.45, 7) is 7.14. The van der Waals surface area contributed by atoms with E-state index in [4.69, 9.17) is 0 Å². The summed E-state index contributed by atoms with van der Waals surface area (Å²) < 4.78 is 0. The molecule has 1 aliphatic heterocycles. The average molecular weight is 299 g/mol. The highest BCUT2D eigenvalue weighted by Crippen LogP contribution is 2.29. The van der Waals surface area contributed by atoms with Gasteiger partial charge in [-0.05, 0) is 32.2 Å². The van der Waals surface area contributed by atoms with Gasteiger partial charge in [-0.15, -0.1) is 0 Å². The van der Waals surface area contributed by atoms with Gasteiger partial charge in [0.2, 0.25) is 5.91 Å². The molecule has 1 unspecified atom stereocenters. The average Bonchev–Trinajstić information content (AvgIpc) is 2.36. The summed E-state index contributed by atoms with van der Waals surface area (Å²) in [6.07, 6.45) is 1.34. The number of nitrogens with zero attached hydrogens (tertiary/aromatic N) is 1. The van der Waals surface area contributed by atoms with Crippen LogP contribution in [0.1, 0.15) is 33.6 Å². The first kappa shape index (κ1) is 17.4. The van der Waals surface area contributed by atoms with Gasteiger partial charge < -0.3 is 10.4 Å². The van der Waals surface area contributed by atoms with E-state index in [1.54, 1.807) is 11.8 Å². The Morgan fingerprint density at radius 3 is 2.57 bits per heavy atom. The molecule has 3 N–H and O–H groups in total. The summed E-state index contributed by atoms with van der Waals surface area (Å²) in [5, 5.41) is 14.1. The van der Waals surface area contributed by atoms with Crippen LogP contribution in [0.5, 0.6) is 0 Å². The molecule has 7 heteroatoms. The number of rotatable bonds is 5. The van der Waals surface area contributed by atoms with Gasteiger partial charge in [0.1, 0.15) is 0 Å². The zero-order chi connectivity index (χ0) is 16.0. The van der Waals surface area contributed by atoms with Crippen molar-refractivity contribution in [2.45, 2.75) is 33.6 Å². The lowest BCUT2D eigenvalue weighted by molar-refractivity contribution is -0.151. The van der Waals surface area contributed by atoms with Crippen LogP contribution < -0.4 is 10.6 Å². The zero-order valence-corrected chi connectivity index (χ0v) is 12.9. The normalized spacial score (nSPS) is 22.9. The number of piperidine rings is 1. The van der Waals surface area contributed by atoms with Crippen LogP contribution in [-0.4, -0.2) is 54.1 Å². The highest BCUT2D eigenvalue weighted by atomic mass is 16.4. The molecule has 0 bridgehead atoms. The maximum absolute atomic E-state index is 11.8. The Morgan fingerprint density at radius 1 is 1.33 bits per heavy atom. The number of carboxylic acids is 1. The highest BCUT2D eigenvalue weighted by Gasteiger charge is 2.38. The molecule has 0 aliphatic carbocycles. The summed E-state index contributed by atoms with van der Waals surface area (Å²) in [6, 6.07) is -0.508. The lowest BCUT2D eigenvalue weighted by atomic mass is 9.82. The lowest BCUT2D eigenvalue weighted by Crippen LogP contribution is -2.51. The fraction of sp³-hybridized carbons (Fsp3) is 0.786. The summed E-state index contributed by atoms with van der Waals surface area (Å²) in [5.74, 6) is -0.947. The van der Waals surface area contributed by atoms with Crippen LogP contribution in [0.4, 0.5) is 4.79 Å². The van der Waals surface area contributed by atoms with Crippen molar-refractivity contribution in [3.8, 4) is 0 Å². The third-order valence-electron chi connectivity index (χ3n) is 3.58. The van der Waals surface area contributed by atoms with Crippen molar-refractivity contribution in [3.63, 3.8) is 0 Å². The minimum atomic E-state index is -0.845. The fourth-order valence-electron chi connectivity index (χ4n) is 2.36. The van der Waals surface area contributed by atoms with E-state index in [-0.39, 0.29) is 6.54 Å². The predicted molar refractivity (Wildman–Crippen MR) is 77.8 cm³/mol. The number of aliphatic carboxylic acids is 1. The topological polar surface area (TPSA) is 98.7 Å². The van der Waals surface area contributed by atoms with E-state index in [0.717, 1.165) is 6.42 Å². The number of hydrogen-bond donors (Lipinski definition) is 3. The van der Waals surface area contributed by atoms with Crippen LogP contribution in [0.3, 0.4) is 0 Å². The molecule has 0 saturated carbocycles. The standard InChI is InChI=1S/C14H25N3O4/c1-10(2)7-15-13(21)16-11(18)8-17-6-4-5-14(3,9-17)12(19)20/h10H,4-9H2,1-3H3,(H,19,20)(H2,15,16,18,21). The Morgan fingerprint density at radius 2 is 2.00 bits per heavy atom. The van der Waals surface area contributed by atoms with E-state index < -0.39 is 23.3 Å². The third-order valence-corrected chi connectivity index (χ3v) is 3.58. The number of imide groups is 1. The molecule has 1 fully saturated rings. The van der Waals surface area contributed by atoms with Crippen LogP contribution in [0.25, 0.3) is 0 Å². The Balaban J connectivity index is 2.40. The summed E-state index contributed by atoms with van der Waals surface area (Å²) in [7, 11) is 0. The molecule has 1 saturated heterocycles. The second-order valence-electron chi connectivity index (χ2n) is 6.33. The fourth-order valence-corrected chi connectivity index (χ4v) is 2.36. The molecular weight excluding hydrogens is 274 g/mol.